The molecule has 0 saturated heterocycles. The van der Waals surface area contributed by atoms with E-state index in [-0.39, 0.29) is 30.6 Å². The average Bonchev–Trinajstić information content (AvgIpc) is 3.33. The third kappa shape index (κ3) is 3.94. The van der Waals surface area contributed by atoms with E-state index in [9.17, 15) is 18.0 Å². The predicted octanol–water partition coefficient (Wildman–Crippen LogP) is 4.83. The highest BCUT2D eigenvalue weighted by atomic mass is 19.4. The molecule has 7 nitrogen and oxygen atoms in total. The molecule has 0 atom stereocenters. The maximum absolute atomic E-state index is 13.5. The Balaban J connectivity index is 1.40. The number of anilines is 4. The number of nitrogens with zero attached hydrogens (tertiary/aromatic N) is 2. The molecule has 3 heterocycles. The number of amides is 1. The summed E-state index contributed by atoms with van der Waals surface area (Å²) in [5.74, 6) is -0.424. The van der Waals surface area contributed by atoms with Gasteiger partial charge in [0.05, 0.1) is 13.0 Å². The SMILES string of the molecule is O=C1Cc2cc(Nc3ncc(C(F)(F)F)c(NCc4cc5ccccc5[nH]4)n3)ccc2N1. The van der Waals surface area contributed by atoms with Gasteiger partial charge in [-0.15, -0.1) is 0 Å². The molecule has 10 heteroatoms. The molecule has 4 N–H and O–H groups in total. The lowest BCUT2D eigenvalue weighted by molar-refractivity contribution is -0.137. The Kier molecular flexibility index (Phi) is 4.69. The van der Waals surface area contributed by atoms with E-state index in [1.54, 1.807) is 18.2 Å². The summed E-state index contributed by atoms with van der Waals surface area (Å²) in [5.41, 5.74) is 2.75. The van der Waals surface area contributed by atoms with Crippen LogP contribution in [0.4, 0.5) is 36.3 Å². The zero-order valence-electron chi connectivity index (χ0n) is 16.5. The number of nitrogens with one attached hydrogen (secondary N) is 4. The summed E-state index contributed by atoms with van der Waals surface area (Å²) in [6.07, 6.45) is -3.61. The van der Waals surface area contributed by atoms with Crippen LogP contribution in [0.25, 0.3) is 10.9 Å². The second-order valence-corrected chi connectivity index (χ2v) is 7.41. The molecule has 1 amide bonds. The Morgan fingerprint density at radius 3 is 2.75 bits per heavy atom. The van der Waals surface area contributed by atoms with Gasteiger partial charge in [-0.05, 0) is 41.3 Å². The zero-order chi connectivity index (χ0) is 22.3. The number of carbonyl (C=O) groups is 1. The van der Waals surface area contributed by atoms with Crippen LogP contribution in [-0.4, -0.2) is 20.9 Å². The molecule has 0 bridgehead atoms. The van der Waals surface area contributed by atoms with Crippen LogP contribution in [0, 0.1) is 0 Å². The number of aromatic amines is 1. The minimum absolute atomic E-state index is 0.00868. The smallest absolute Gasteiger partial charge is 0.364 e. The van der Waals surface area contributed by atoms with Crippen molar-refractivity contribution < 1.29 is 18.0 Å². The van der Waals surface area contributed by atoms with Gasteiger partial charge in [0, 0.05) is 28.8 Å². The highest BCUT2D eigenvalue weighted by molar-refractivity contribution is 5.99. The van der Waals surface area contributed by atoms with Crippen LogP contribution in [0.15, 0.2) is 54.7 Å². The Bertz CT molecular complexity index is 1300. The second kappa shape index (κ2) is 7.56. The van der Waals surface area contributed by atoms with Crippen molar-refractivity contribution in [3.63, 3.8) is 0 Å². The first-order valence-corrected chi connectivity index (χ1v) is 9.80. The van der Waals surface area contributed by atoms with Gasteiger partial charge in [0.15, 0.2) is 0 Å². The van der Waals surface area contributed by atoms with Crippen molar-refractivity contribution in [3.8, 4) is 0 Å². The fourth-order valence-electron chi connectivity index (χ4n) is 3.63. The van der Waals surface area contributed by atoms with E-state index in [1.165, 1.54) is 0 Å². The van der Waals surface area contributed by atoms with Crippen molar-refractivity contribution in [1.82, 2.24) is 15.0 Å². The van der Waals surface area contributed by atoms with Crippen LogP contribution >= 0.6 is 0 Å². The summed E-state index contributed by atoms with van der Waals surface area (Å²) in [6, 6.07) is 14.6. The van der Waals surface area contributed by atoms with Crippen LogP contribution in [-0.2, 0) is 23.9 Å². The van der Waals surface area contributed by atoms with Gasteiger partial charge in [-0.2, -0.15) is 18.2 Å². The predicted molar refractivity (Wildman–Crippen MR) is 115 cm³/mol. The first-order chi connectivity index (χ1) is 15.3. The number of carbonyl (C=O) groups excluding carboxylic acids is 1. The number of aromatic nitrogens is 3. The monoisotopic (exact) mass is 438 g/mol. The fraction of sp³-hybridized carbons (Fsp3) is 0.136. The highest BCUT2D eigenvalue weighted by Crippen LogP contribution is 2.34. The quantitative estimate of drug-likeness (QED) is 0.358. The van der Waals surface area contributed by atoms with E-state index in [4.69, 9.17) is 0 Å². The molecule has 2 aromatic heterocycles. The van der Waals surface area contributed by atoms with E-state index >= 15 is 0 Å². The molecule has 0 fully saturated rings. The number of halogens is 3. The molecule has 0 saturated carbocycles. The van der Waals surface area contributed by atoms with Crippen LogP contribution in [0.5, 0.6) is 0 Å². The van der Waals surface area contributed by atoms with Crippen molar-refractivity contribution in [2.24, 2.45) is 0 Å². The largest absolute Gasteiger partial charge is 0.421 e. The summed E-state index contributed by atoms with van der Waals surface area (Å²) in [6.45, 7) is 0.126. The third-order valence-electron chi connectivity index (χ3n) is 5.11. The molecule has 4 aromatic rings. The summed E-state index contributed by atoms with van der Waals surface area (Å²) >= 11 is 0. The van der Waals surface area contributed by atoms with Gasteiger partial charge >= 0.3 is 6.18 Å². The maximum Gasteiger partial charge on any atom is 0.421 e. The Morgan fingerprint density at radius 2 is 1.94 bits per heavy atom. The Hall–Kier alpha value is -4.08. The van der Waals surface area contributed by atoms with Gasteiger partial charge in [-0.3, -0.25) is 4.79 Å². The van der Waals surface area contributed by atoms with Crippen LogP contribution < -0.4 is 16.0 Å². The van der Waals surface area contributed by atoms with Crippen LogP contribution in [0.1, 0.15) is 16.8 Å². The molecule has 0 radical (unpaired) electrons. The Labute approximate surface area is 180 Å². The van der Waals surface area contributed by atoms with Gasteiger partial charge in [0.1, 0.15) is 11.4 Å². The van der Waals surface area contributed by atoms with Gasteiger partial charge < -0.3 is 20.9 Å². The van der Waals surface area contributed by atoms with E-state index < -0.39 is 11.7 Å². The number of benzene rings is 2. The summed E-state index contributed by atoms with van der Waals surface area (Å²) in [5, 5.41) is 9.38. The van der Waals surface area contributed by atoms with E-state index in [0.29, 0.717) is 5.69 Å². The number of fused-ring (bicyclic) bond motifs is 2. The van der Waals surface area contributed by atoms with Gasteiger partial charge in [-0.25, -0.2) is 4.98 Å². The summed E-state index contributed by atoms with van der Waals surface area (Å²) in [4.78, 5) is 22.6. The molecule has 2 aromatic carbocycles. The first kappa shape index (κ1) is 19.9. The van der Waals surface area contributed by atoms with Crippen molar-refractivity contribution in [2.45, 2.75) is 19.1 Å². The number of rotatable bonds is 5. The molecule has 1 aliphatic rings. The molecule has 0 unspecified atom stereocenters. The normalized spacial score (nSPS) is 13.2. The van der Waals surface area contributed by atoms with Crippen LogP contribution in [0.3, 0.4) is 0 Å². The second-order valence-electron chi connectivity index (χ2n) is 7.41. The standard InChI is InChI=1S/C22H17F3N6O/c23-22(24,25)16-11-27-21(29-14-5-6-18-13(8-14)9-19(32)30-18)31-20(16)26-10-15-7-12-3-1-2-4-17(12)28-15/h1-8,11,28H,9-10H2,(H,30,32)(H2,26,27,29,31). The Morgan fingerprint density at radius 1 is 1.09 bits per heavy atom. The van der Waals surface area contributed by atoms with Gasteiger partial charge in [0.25, 0.3) is 0 Å². The van der Waals surface area contributed by atoms with Crippen molar-refractivity contribution in [2.75, 3.05) is 16.0 Å². The van der Waals surface area contributed by atoms with Crippen LogP contribution in [0.2, 0.25) is 0 Å². The molecule has 0 spiro atoms. The van der Waals surface area contributed by atoms with Gasteiger partial charge in [-0.1, -0.05) is 18.2 Å². The number of alkyl halides is 3. The van der Waals surface area contributed by atoms with E-state index in [2.05, 4.69) is 30.9 Å². The van der Waals surface area contributed by atoms with Crippen molar-refractivity contribution >= 4 is 40.0 Å². The lowest BCUT2D eigenvalue weighted by atomic mass is 10.1. The molecule has 1 aliphatic heterocycles. The highest BCUT2D eigenvalue weighted by Gasteiger charge is 2.35. The van der Waals surface area contributed by atoms with E-state index in [0.717, 1.165) is 34.0 Å². The number of hydrogen-bond donors (Lipinski definition) is 4. The molecule has 162 valence electrons. The molecule has 32 heavy (non-hydrogen) atoms. The minimum Gasteiger partial charge on any atom is -0.364 e. The number of para-hydroxylation sites is 1. The maximum atomic E-state index is 13.5. The summed E-state index contributed by atoms with van der Waals surface area (Å²) in [7, 11) is 0. The topological polar surface area (TPSA) is 94.7 Å². The lowest BCUT2D eigenvalue weighted by Crippen LogP contribution is -2.14. The van der Waals surface area contributed by atoms with Crippen molar-refractivity contribution in [1.29, 1.82) is 0 Å². The molecule has 0 aliphatic carbocycles. The van der Waals surface area contributed by atoms with E-state index in [1.807, 2.05) is 30.3 Å². The average molecular weight is 438 g/mol. The fourth-order valence-corrected chi connectivity index (χ4v) is 3.63. The molecular weight excluding hydrogens is 421 g/mol. The lowest BCUT2D eigenvalue weighted by Gasteiger charge is -2.15. The summed E-state index contributed by atoms with van der Waals surface area (Å²) < 4.78 is 40.5. The zero-order valence-corrected chi connectivity index (χ0v) is 16.5. The van der Waals surface area contributed by atoms with Gasteiger partial charge in [0.2, 0.25) is 11.9 Å². The van der Waals surface area contributed by atoms with Crippen molar-refractivity contribution in [3.05, 3.63) is 71.5 Å². The molecule has 5 rings (SSSR count). The third-order valence-corrected chi connectivity index (χ3v) is 5.11. The first-order valence-electron chi connectivity index (χ1n) is 9.80. The molecular formula is C22H17F3N6O. The number of hydrogen-bond acceptors (Lipinski definition) is 5. The number of H-pyrrole nitrogens is 1. The minimum atomic E-state index is -4.61.